The van der Waals surface area contributed by atoms with Gasteiger partial charge in [0.25, 0.3) is 0 Å². The van der Waals surface area contributed by atoms with Gasteiger partial charge in [-0.05, 0) is 30.2 Å². The maximum absolute atomic E-state index is 12.7. The largest absolute Gasteiger partial charge is 0.431 e. The molecule has 0 aromatic heterocycles. The van der Waals surface area contributed by atoms with Gasteiger partial charge in [-0.25, -0.2) is 0 Å². The Labute approximate surface area is 176 Å². The first kappa shape index (κ1) is 23.3. The minimum Gasteiger partial charge on any atom is -0.399 e. The SMILES string of the molecule is CON=NCc1ccc(C2(C)NC(C(F)(F)F)=CS2)cc1.Nc1cccc(C=O)c1. The lowest BCUT2D eigenvalue weighted by Crippen LogP contribution is -2.36. The molecule has 0 spiro atoms. The number of aldehydes is 1. The molecule has 1 atom stereocenters. The standard InChI is InChI=1S/C13H14F3N3OS.C7H7NO/c1-12(18-11(8-21-12)13(14,15)16)10-5-3-9(4-6-10)7-17-19-20-2;8-7-3-1-2-6(4-7)5-9/h3-6,8,18H,7H2,1-2H3;1-5H,8H2. The average molecular weight is 438 g/mol. The molecule has 30 heavy (non-hydrogen) atoms. The number of thioether (sulfide) groups is 1. The number of benzene rings is 2. The highest BCUT2D eigenvalue weighted by Crippen LogP contribution is 2.44. The molecule has 0 aliphatic carbocycles. The lowest BCUT2D eigenvalue weighted by molar-refractivity contribution is -0.0973. The van der Waals surface area contributed by atoms with Crippen LogP contribution in [0.25, 0.3) is 0 Å². The van der Waals surface area contributed by atoms with E-state index in [0.29, 0.717) is 17.8 Å². The number of rotatable bonds is 5. The number of nitrogens with zero attached hydrogens (tertiary/aromatic N) is 2. The zero-order valence-corrected chi connectivity index (χ0v) is 17.1. The van der Waals surface area contributed by atoms with Gasteiger partial charge in [0.2, 0.25) is 0 Å². The lowest BCUT2D eigenvalue weighted by Gasteiger charge is -2.26. The Morgan fingerprint density at radius 1 is 1.23 bits per heavy atom. The van der Waals surface area contributed by atoms with Gasteiger partial charge in [-0.1, -0.05) is 48.2 Å². The summed E-state index contributed by atoms with van der Waals surface area (Å²) >= 11 is 1.10. The molecule has 0 radical (unpaired) electrons. The van der Waals surface area contributed by atoms with Crippen molar-refractivity contribution in [2.45, 2.75) is 24.5 Å². The van der Waals surface area contributed by atoms with Crippen molar-refractivity contribution in [2.24, 2.45) is 10.4 Å². The molecule has 1 aliphatic rings. The van der Waals surface area contributed by atoms with Crippen LogP contribution in [-0.4, -0.2) is 19.6 Å². The molecule has 0 saturated carbocycles. The molecule has 160 valence electrons. The first-order valence-corrected chi connectivity index (χ1v) is 9.59. The first-order chi connectivity index (χ1) is 14.2. The molecular formula is C20H21F3N4O2S. The number of hydrogen-bond donors (Lipinski definition) is 2. The number of carbonyl (C=O) groups is 1. The summed E-state index contributed by atoms with van der Waals surface area (Å²) in [7, 11) is 1.40. The summed E-state index contributed by atoms with van der Waals surface area (Å²) in [5.74, 6) is 0. The number of nitrogens with one attached hydrogen (secondary N) is 1. The van der Waals surface area contributed by atoms with Crippen molar-refractivity contribution in [3.8, 4) is 0 Å². The number of anilines is 1. The Hall–Kier alpha value is -3.01. The molecule has 0 amide bonds. The fourth-order valence-electron chi connectivity index (χ4n) is 2.50. The molecule has 0 saturated heterocycles. The Kier molecular flexibility index (Phi) is 7.87. The lowest BCUT2D eigenvalue weighted by atomic mass is 10.1. The van der Waals surface area contributed by atoms with Gasteiger partial charge in [-0.2, -0.15) is 13.2 Å². The van der Waals surface area contributed by atoms with Gasteiger partial charge in [0.15, 0.2) is 0 Å². The molecule has 1 aliphatic heterocycles. The first-order valence-electron chi connectivity index (χ1n) is 8.71. The number of halogens is 3. The zero-order valence-electron chi connectivity index (χ0n) is 16.3. The number of nitrogens with two attached hydrogens (primary N) is 1. The van der Waals surface area contributed by atoms with Crippen LogP contribution in [0.3, 0.4) is 0 Å². The van der Waals surface area contributed by atoms with Gasteiger partial charge < -0.3 is 15.9 Å². The number of alkyl halides is 3. The molecule has 3 rings (SSSR count). The second-order valence-corrected chi connectivity index (χ2v) is 7.64. The van der Waals surface area contributed by atoms with Crippen molar-refractivity contribution in [1.82, 2.24) is 5.32 Å². The van der Waals surface area contributed by atoms with Crippen molar-refractivity contribution < 1.29 is 22.8 Å². The second kappa shape index (κ2) is 10.1. The fourth-order valence-corrected chi connectivity index (χ4v) is 3.49. The van der Waals surface area contributed by atoms with E-state index < -0.39 is 16.7 Å². The molecule has 1 heterocycles. The van der Waals surface area contributed by atoms with E-state index in [-0.39, 0.29) is 0 Å². The third kappa shape index (κ3) is 6.51. The van der Waals surface area contributed by atoms with E-state index in [0.717, 1.165) is 34.6 Å². The molecule has 2 aromatic rings. The van der Waals surface area contributed by atoms with E-state index in [1.807, 2.05) is 12.1 Å². The summed E-state index contributed by atoms with van der Waals surface area (Å²) in [5.41, 5.74) is 7.56. The van der Waals surface area contributed by atoms with Crippen LogP contribution in [0.5, 0.6) is 0 Å². The summed E-state index contributed by atoms with van der Waals surface area (Å²) in [4.78, 5) is 13.7. The normalized spacial score (nSPS) is 18.2. The Morgan fingerprint density at radius 2 is 1.93 bits per heavy atom. The third-order valence-corrected chi connectivity index (χ3v) is 5.20. The quantitative estimate of drug-likeness (QED) is 0.290. The zero-order chi connectivity index (χ0) is 22.2. The summed E-state index contributed by atoms with van der Waals surface area (Å²) in [6.45, 7) is 2.07. The monoisotopic (exact) mass is 438 g/mol. The highest BCUT2D eigenvalue weighted by Gasteiger charge is 2.43. The number of allylic oxidation sites excluding steroid dienone is 1. The number of carbonyl (C=O) groups excluding carboxylic acids is 1. The van der Waals surface area contributed by atoms with Crippen LogP contribution in [0, 0.1) is 0 Å². The molecule has 0 fully saturated rings. The van der Waals surface area contributed by atoms with Crippen molar-refractivity contribution in [2.75, 3.05) is 12.8 Å². The van der Waals surface area contributed by atoms with Crippen LogP contribution in [0.2, 0.25) is 0 Å². The highest BCUT2D eigenvalue weighted by atomic mass is 32.2. The van der Waals surface area contributed by atoms with Crippen molar-refractivity contribution in [3.63, 3.8) is 0 Å². The van der Waals surface area contributed by atoms with Crippen LogP contribution in [-0.2, 0) is 16.3 Å². The Morgan fingerprint density at radius 3 is 2.43 bits per heavy atom. The third-order valence-electron chi connectivity index (χ3n) is 4.04. The highest BCUT2D eigenvalue weighted by molar-refractivity contribution is 8.03. The van der Waals surface area contributed by atoms with E-state index in [1.165, 1.54) is 7.11 Å². The summed E-state index contributed by atoms with van der Waals surface area (Å²) in [6.07, 6.45) is -3.58. The van der Waals surface area contributed by atoms with Crippen molar-refractivity contribution >= 4 is 23.7 Å². The summed E-state index contributed by atoms with van der Waals surface area (Å²) in [5, 5.41) is 10.8. The van der Waals surface area contributed by atoms with Crippen LogP contribution in [0.15, 0.2) is 70.0 Å². The van der Waals surface area contributed by atoms with E-state index in [9.17, 15) is 18.0 Å². The Balaban J connectivity index is 0.000000297. The number of nitrogen functional groups attached to an aromatic ring is 1. The molecule has 6 nitrogen and oxygen atoms in total. The van der Waals surface area contributed by atoms with E-state index >= 15 is 0 Å². The summed E-state index contributed by atoms with van der Waals surface area (Å²) < 4.78 is 38.0. The molecule has 10 heteroatoms. The van der Waals surface area contributed by atoms with Gasteiger partial charge in [-0.15, -0.1) is 5.11 Å². The van der Waals surface area contributed by atoms with Crippen LogP contribution in [0.1, 0.15) is 28.4 Å². The fraction of sp³-hybridized carbons (Fsp3) is 0.250. The van der Waals surface area contributed by atoms with Crippen LogP contribution < -0.4 is 11.1 Å². The summed E-state index contributed by atoms with van der Waals surface area (Å²) in [6, 6.07) is 14.0. The maximum Gasteiger partial charge on any atom is 0.431 e. The van der Waals surface area contributed by atoms with Gasteiger partial charge in [-0.3, -0.25) is 4.79 Å². The minimum absolute atomic E-state index is 0.359. The predicted octanol–water partition coefficient (Wildman–Crippen LogP) is 5.19. The van der Waals surface area contributed by atoms with E-state index in [1.54, 1.807) is 43.3 Å². The molecule has 0 bridgehead atoms. The molecule has 3 N–H and O–H groups in total. The second-order valence-electron chi connectivity index (χ2n) is 6.35. The predicted molar refractivity (Wildman–Crippen MR) is 110 cm³/mol. The maximum atomic E-state index is 12.7. The van der Waals surface area contributed by atoms with Crippen molar-refractivity contribution in [1.29, 1.82) is 0 Å². The van der Waals surface area contributed by atoms with Gasteiger partial charge >= 0.3 is 6.18 Å². The van der Waals surface area contributed by atoms with Gasteiger partial charge in [0.1, 0.15) is 24.0 Å². The topological polar surface area (TPSA) is 89.1 Å². The smallest absolute Gasteiger partial charge is 0.399 e. The van der Waals surface area contributed by atoms with E-state index in [4.69, 9.17) is 5.73 Å². The van der Waals surface area contributed by atoms with Gasteiger partial charge in [0.05, 0.1) is 6.54 Å². The van der Waals surface area contributed by atoms with E-state index in [2.05, 4.69) is 20.5 Å². The van der Waals surface area contributed by atoms with Crippen LogP contribution >= 0.6 is 11.8 Å². The van der Waals surface area contributed by atoms with Crippen molar-refractivity contribution in [3.05, 3.63) is 76.3 Å². The van der Waals surface area contributed by atoms with Gasteiger partial charge in [0, 0.05) is 21.9 Å². The molecule has 1 unspecified atom stereocenters. The average Bonchev–Trinajstić information content (AvgIpc) is 3.13. The Bertz CT molecular complexity index is 917. The molecular weight excluding hydrogens is 417 g/mol. The minimum atomic E-state index is -4.36. The van der Waals surface area contributed by atoms with Crippen LogP contribution in [0.4, 0.5) is 18.9 Å². The molecule has 2 aromatic carbocycles. The number of hydrogen-bond acceptors (Lipinski definition) is 7.